The van der Waals surface area contributed by atoms with E-state index in [-0.39, 0.29) is 11.8 Å². The van der Waals surface area contributed by atoms with Crippen LogP contribution < -0.4 is 14.8 Å². The summed E-state index contributed by atoms with van der Waals surface area (Å²) in [6, 6.07) is 12.6. The summed E-state index contributed by atoms with van der Waals surface area (Å²) in [5, 5.41) is 2.79. The molecule has 150 valence electrons. The largest absolute Gasteiger partial charge is 0.495 e. The molecule has 0 aliphatic heterocycles. The highest BCUT2D eigenvalue weighted by Crippen LogP contribution is 2.27. The number of carbonyl (C=O) groups is 2. The molecule has 6 nitrogen and oxygen atoms in total. The molecule has 2 amide bonds. The Morgan fingerprint density at radius 2 is 1.75 bits per heavy atom. The number of hydrogen-bond donors (Lipinski definition) is 1. The number of methoxy groups -OCH3 is 1. The van der Waals surface area contributed by atoms with Crippen LogP contribution in [0.5, 0.6) is 11.5 Å². The van der Waals surface area contributed by atoms with Crippen molar-refractivity contribution in [3.63, 3.8) is 0 Å². The Balaban J connectivity index is 2.15. The average molecular weight is 384 g/mol. The minimum atomic E-state index is -0.722. The lowest BCUT2D eigenvalue weighted by atomic mass is 10.0. The van der Waals surface area contributed by atoms with Crippen LogP contribution in [0.1, 0.15) is 42.6 Å². The molecule has 28 heavy (non-hydrogen) atoms. The van der Waals surface area contributed by atoms with Crippen molar-refractivity contribution in [2.75, 3.05) is 26.5 Å². The Labute approximate surface area is 166 Å². The van der Waals surface area contributed by atoms with E-state index in [0.717, 1.165) is 5.56 Å². The summed E-state index contributed by atoms with van der Waals surface area (Å²) in [6.07, 6.45) is -0.722. The van der Waals surface area contributed by atoms with Crippen LogP contribution in [0.2, 0.25) is 0 Å². The lowest BCUT2D eigenvalue weighted by Crippen LogP contribution is -2.30. The lowest BCUT2D eigenvalue weighted by molar-refractivity contribution is -0.122. The fourth-order valence-electron chi connectivity index (χ4n) is 2.64. The first-order valence-corrected chi connectivity index (χ1v) is 9.20. The van der Waals surface area contributed by atoms with Gasteiger partial charge in [-0.05, 0) is 48.7 Å². The van der Waals surface area contributed by atoms with Gasteiger partial charge in [0.25, 0.3) is 11.8 Å². The van der Waals surface area contributed by atoms with Gasteiger partial charge in [-0.1, -0.05) is 26.0 Å². The van der Waals surface area contributed by atoms with Gasteiger partial charge in [-0.3, -0.25) is 9.59 Å². The fraction of sp³-hybridized carbons (Fsp3) is 0.364. The molecule has 0 bridgehead atoms. The monoisotopic (exact) mass is 384 g/mol. The van der Waals surface area contributed by atoms with Gasteiger partial charge in [0, 0.05) is 19.7 Å². The maximum absolute atomic E-state index is 12.6. The van der Waals surface area contributed by atoms with Gasteiger partial charge in [-0.15, -0.1) is 0 Å². The van der Waals surface area contributed by atoms with E-state index >= 15 is 0 Å². The van der Waals surface area contributed by atoms with Gasteiger partial charge in [0.05, 0.1) is 12.8 Å². The molecular weight excluding hydrogens is 356 g/mol. The molecule has 0 saturated carbocycles. The number of rotatable bonds is 7. The zero-order chi connectivity index (χ0) is 20.8. The van der Waals surface area contributed by atoms with E-state index in [9.17, 15) is 9.59 Å². The summed E-state index contributed by atoms with van der Waals surface area (Å²) >= 11 is 0. The topological polar surface area (TPSA) is 67.9 Å². The quantitative estimate of drug-likeness (QED) is 0.785. The standard InChI is InChI=1S/C22H28N2O4/c1-14(2)16-8-7-9-18(12-16)28-15(3)21(25)23-19-13-17(22(26)24(4)5)10-11-20(19)27-6/h7-15H,1-6H3,(H,23,25). The molecule has 1 atom stereocenters. The number of nitrogens with one attached hydrogen (secondary N) is 1. The van der Waals surface area contributed by atoms with Crippen molar-refractivity contribution in [3.8, 4) is 11.5 Å². The van der Waals surface area contributed by atoms with E-state index in [1.165, 1.54) is 12.0 Å². The summed E-state index contributed by atoms with van der Waals surface area (Å²) in [6.45, 7) is 5.88. The van der Waals surface area contributed by atoms with Crippen molar-refractivity contribution in [1.82, 2.24) is 4.90 Å². The molecule has 0 radical (unpaired) electrons. The molecule has 0 spiro atoms. The first-order chi connectivity index (χ1) is 13.2. The second kappa shape index (κ2) is 9.26. The van der Waals surface area contributed by atoms with Crippen LogP contribution in [0.15, 0.2) is 42.5 Å². The van der Waals surface area contributed by atoms with Crippen LogP contribution in [-0.2, 0) is 4.79 Å². The van der Waals surface area contributed by atoms with Gasteiger partial charge in [0.1, 0.15) is 11.5 Å². The zero-order valence-electron chi connectivity index (χ0n) is 17.3. The second-order valence-corrected chi connectivity index (χ2v) is 7.09. The molecule has 2 aromatic carbocycles. The lowest BCUT2D eigenvalue weighted by Gasteiger charge is -2.18. The highest BCUT2D eigenvalue weighted by Gasteiger charge is 2.19. The molecule has 0 fully saturated rings. The van der Waals surface area contributed by atoms with E-state index in [1.54, 1.807) is 39.2 Å². The van der Waals surface area contributed by atoms with Crippen molar-refractivity contribution in [3.05, 3.63) is 53.6 Å². The van der Waals surface area contributed by atoms with E-state index in [4.69, 9.17) is 9.47 Å². The van der Waals surface area contributed by atoms with Crippen LogP contribution in [0.25, 0.3) is 0 Å². The Kier molecular flexibility index (Phi) is 7.04. The number of carbonyl (C=O) groups excluding carboxylic acids is 2. The van der Waals surface area contributed by atoms with Crippen LogP contribution >= 0.6 is 0 Å². The molecule has 1 unspecified atom stereocenters. The van der Waals surface area contributed by atoms with Crippen molar-refractivity contribution >= 4 is 17.5 Å². The van der Waals surface area contributed by atoms with Crippen LogP contribution in [-0.4, -0.2) is 44.0 Å². The van der Waals surface area contributed by atoms with Crippen LogP contribution in [0.3, 0.4) is 0 Å². The summed E-state index contributed by atoms with van der Waals surface area (Å²) in [7, 11) is 4.85. The van der Waals surface area contributed by atoms with E-state index in [0.29, 0.717) is 28.7 Å². The minimum Gasteiger partial charge on any atom is -0.495 e. The Morgan fingerprint density at radius 1 is 1.04 bits per heavy atom. The van der Waals surface area contributed by atoms with E-state index in [2.05, 4.69) is 19.2 Å². The summed E-state index contributed by atoms with van der Waals surface area (Å²) in [5.74, 6) is 0.986. The number of ether oxygens (including phenoxy) is 2. The van der Waals surface area contributed by atoms with Crippen molar-refractivity contribution in [2.45, 2.75) is 32.8 Å². The summed E-state index contributed by atoms with van der Waals surface area (Å²) < 4.78 is 11.1. The SMILES string of the molecule is COc1ccc(C(=O)N(C)C)cc1NC(=O)C(C)Oc1cccc(C(C)C)c1. The van der Waals surface area contributed by atoms with Crippen LogP contribution in [0.4, 0.5) is 5.69 Å². The highest BCUT2D eigenvalue weighted by atomic mass is 16.5. The molecule has 6 heteroatoms. The fourth-order valence-corrected chi connectivity index (χ4v) is 2.64. The average Bonchev–Trinajstić information content (AvgIpc) is 2.67. The predicted molar refractivity (Wildman–Crippen MR) is 110 cm³/mol. The van der Waals surface area contributed by atoms with Gasteiger partial charge >= 0.3 is 0 Å². The van der Waals surface area contributed by atoms with Gasteiger partial charge in [-0.25, -0.2) is 0 Å². The number of benzene rings is 2. The summed E-state index contributed by atoms with van der Waals surface area (Å²) in [4.78, 5) is 26.3. The Hall–Kier alpha value is -3.02. The molecule has 0 aromatic heterocycles. The summed E-state index contributed by atoms with van der Waals surface area (Å²) in [5.41, 5.74) is 2.02. The van der Waals surface area contributed by atoms with Crippen molar-refractivity contribution in [1.29, 1.82) is 0 Å². The first-order valence-electron chi connectivity index (χ1n) is 9.20. The predicted octanol–water partition coefficient (Wildman–Crippen LogP) is 3.93. The molecule has 0 aliphatic carbocycles. The number of nitrogens with zero attached hydrogens (tertiary/aromatic N) is 1. The third-order valence-corrected chi connectivity index (χ3v) is 4.32. The third-order valence-electron chi connectivity index (χ3n) is 4.32. The number of amides is 2. The molecule has 1 N–H and O–H groups in total. The smallest absolute Gasteiger partial charge is 0.265 e. The molecule has 0 heterocycles. The first kappa shape index (κ1) is 21.3. The molecule has 0 saturated heterocycles. The Morgan fingerprint density at radius 3 is 2.36 bits per heavy atom. The zero-order valence-corrected chi connectivity index (χ0v) is 17.3. The maximum Gasteiger partial charge on any atom is 0.265 e. The molecule has 2 rings (SSSR count). The molecular formula is C22H28N2O4. The minimum absolute atomic E-state index is 0.159. The normalized spacial score (nSPS) is 11.7. The third kappa shape index (κ3) is 5.25. The highest BCUT2D eigenvalue weighted by molar-refractivity contribution is 5.99. The second-order valence-electron chi connectivity index (χ2n) is 7.09. The number of anilines is 1. The number of hydrogen-bond acceptors (Lipinski definition) is 4. The van der Waals surface area contributed by atoms with Crippen molar-refractivity contribution in [2.24, 2.45) is 0 Å². The van der Waals surface area contributed by atoms with Gasteiger partial charge < -0.3 is 19.7 Å². The van der Waals surface area contributed by atoms with Crippen LogP contribution in [0, 0.1) is 0 Å². The molecule has 2 aromatic rings. The van der Waals surface area contributed by atoms with Gasteiger partial charge in [0.15, 0.2) is 6.10 Å². The van der Waals surface area contributed by atoms with Gasteiger partial charge in [0.2, 0.25) is 0 Å². The van der Waals surface area contributed by atoms with Crippen molar-refractivity contribution < 1.29 is 19.1 Å². The molecule has 0 aliphatic rings. The Bertz CT molecular complexity index is 846. The van der Waals surface area contributed by atoms with E-state index in [1.807, 2.05) is 24.3 Å². The van der Waals surface area contributed by atoms with E-state index < -0.39 is 6.10 Å². The van der Waals surface area contributed by atoms with Gasteiger partial charge in [-0.2, -0.15) is 0 Å². The maximum atomic E-state index is 12.6.